The molecular formula is C20H21FN4O2S. The predicted octanol–water partition coefficient (Wildman–Crippen LogP) is 2.67. The average Bonchev–Trinajstić information content (AvgIpc) is 3.04. The number of hydrogen-bond acceptors (Lipinski definition) is 6. The number of rotatable bonds is 6. The Hall–Kier alpha value is -3.13. The van der Waals surface area contributed by atoms with Crippen molar-refractivity contribution in [2.24, 2.45) is 11.5 Å². The molecule has 2 unspecified atom stereocenters. The Morgan fingerprint density at radius 2 is 1.86 bits per heavy atom. The summed E-state index contributed by atoms with van der Waals surface area (Å²) in [5, 5.41) is 12.6. The normalized spacial score (nSPS) is 17.1. The van der Waals surface area contributed by atoms with Crippen LogP contribution in [0.5, 0.6) is 5.75 Å². The third-order valence-electron chi connectivity index (χ3n) is 4.45. The fraction of sp³-hybridized carbons (Fsp3) is 0.150. The molecule has 146 valence electrons. The number of phenols is 1. The molecule has 0 fully saturated rings. The van der Waals surface area contributed by atoms with Crippen molar-refractivity contribution in [1.29, 1.82) is 0 Å². The lowest BCUT2D eigenvalue weighted by Gasteiger charge is -2.34. The molecule has 8 heteroatoms. The largest absolute Gasteiger partial charge is 0.508 e. The van der Waals surface area contributed by atoms with Gasteiger partial charge in [0.15, 0.2) is 5.50 Å². The van der Waals surface area contributed by atoms with E-state index in [0.29, 0.717) is 17.1 Å². The van der Waals surface area contributed by atoms with Gasteiger partial charge in [-0.3, -0.25) is 4.79 Å². The number of halogens is 1. The number of thioether (sulfide) groups is 1. The molecule has 2 atom stereocenters. The number of carbonyl (C=O) groups excluding carboxylic acids is 1. The molecule has 0 saturated carbocycles. The van der Waals surface area contributed by atoms with E-state index in [1.807, 2.05) is 0 Å². The summed E-state index contributed by atoms with van der Waals surface area (Å²) in [5.41, 5.74) is 13.4. The van der Waals surface area contributed by atoms with Gasteiger partial charge in [0.25, 0.3) is 0 Å². The molecule has 3 rings (SSSR count). The van der Waals surface area contributed by atoms with Crippen LogP contribution in [0.3, 0.4) is 0 Å². The third-order valence-corrected chi connectivity index (χ3v) is 5.72. The van der Waals surface area contributed by atoms with E-state index in [0.717, 1.165) is 10.5 Å². The van der Waals surface area contributed by atoms with Gasteiger partial charge in [-0.2, -0.15) is 0 Å². The van der Waals surface area contributed by atoms with Gasteiger partial charge in [0.2, 0.25) is 5.91 Å². The highest BCUT2D eigenvalue weighted by atomic mass is 32.2. The van der Waals surface area contributed by atoms with E-state index in [1.165, 1.54) is 23.9 Å². The number of nitrogens with one attached hydrogen (secondary N) is 1. The first kappa shape index (κ1) is 19.6. The number of aromatic hydroxyl groups is 1. The fourth-order valence-electron chi connectivity index (χ4n) is 2.87. The first-order chi connectivity index (χ1) is 13.3. The Morgan fingerprint density at radius 3 is 2.43 bits per heavy atom. The summed E-state index contributed by atoms with van der Waals surface area (Å²) in [5.74, 6) is -0.319. The lowest BCUT2D eigenvalue weighted by atomic mass is 10.1. The van der Waals surface area contributed by atoms with Crippen molar-refractivity contribution >= 4 is 28.9 Å². The quantitative estimate of drug-likeness (QED) is 0.594. The molecule has 0 aliphatic carbocycles. The first-order valence-electron chi connectivity index (χ1n) is 8.52. The Kier molecular flexibility index (Phi) is 5.51. The van der Waals surface area contributed by atoms with E-state index in [9.17, 15) is 14.3 Å². The number of hydrogen-bond donors (Lipinski definition) is 4. The predicted molar refractivity (Wildman–Crippen MR) is 110 cm³/mol. The lowest BCUT2D eigenvalue weighted by Crippen LogP contribution is -2.51. The number of amides is 1. The van der Waals surface area contributed by atoms with Gasteiger partial charge in [0.05, 0.1) is 4.91 Å². The Morgan fingerprint density at radius 1 is 1.25 bits per heavy atom. The van der Waals surface area contributed by atoms with Crippen LogP contribution in [0.4, 0.5) is 10.1 Å². The number of carbonyl (C=O) groups is 1. The zero-order chi connectivity index (χ0) is 20.4. The van der Waals surface area contributed by atoms with E-state index >= 15 is 0 Å². The molecule has 0 saturated heterocycles. The standard InChI is InChI=1S/C20H21FN4O2S/c1-11(13-3-9-16(26)10-4-13)17-18(22)24-20(28-17)25(12(2)19(23)27)15-7-5-14(21)6-8-15/h3-10,12,20,24,26H,1,22H2,2H3,(H2,23,27). The lowest BCUT2D eigenvalue weighted by molar-refractivity contribution is -0.119. The van der Waals surface area contributed by atoms with Crippen LogP contribution in [0.25, 0.3) is 5.57 Å². The summed E-state index contributed by atoms with van der Waals surface area (Å²) < 4.78 is 13.3. The van der Waals surface area contributed by atoms with Crippen LogP contribution in [0.15, 0.2) is 65.8 Å². The van der Waals surface area contributed by atoms with Gasteiger partial charge in [-0.15, -0.1) is 0 Å². The minimum Gasteiger partial charge on any atom is -0.508 e. The molecule has 1 amide bonds. The van der Waals surface area contributed by atoms with Gasteiger partial charge in [-0.25, -0.2) is 4.39 Å². The number of phenolic OH excluding ortho intramolecular Hbond substituents is 1. The Balaban J connectivity index is 1.88. The van der Waals surface area contributed by atoms with Crippen molar-refractivity contribution in [2.75, 3.05) is 4.90 Å². The van der Waals surface area contributed by atoms with E-state index in [2.05, 4.69) is 11.9 Å². The zero-order valence-electron chi connectivity index (χ0n) is 15.2. The molecule has 2 aromatic carbocycles. The number of nitrogens with zero attached hydrogens (tertiary/aromatic N) is 1. The molecule has 1 aliphatic heterocycles. The second-order valence-electron chi connectivity index (χ2n) is 6.34. The Bertz CT molecular complexity index is 928. The highest BCUT2D eigenvalue weighted by molar-refractivity contribution is 8.04. The topological polar surface area (TPSA) is 105 Å². The summed E-state index contributed by atoms with van der Waals surface area (Å²) in [6.07, 6.45) is 0. The average molecular weight is 400 g/mol. The number of anilines is 1. The maximum absolute atomic E-state index is 13.3. The monoisotopic (exact) mass is 400 g/mol. The van der Waals surface area contributed by atoms with E-state index in [-0.39, 0.29) is 11.6 Å². The molecule has 1 heterocycles. The van der Waals surface area contributed by atoms with Crippen molar-refractivity contribution in [2.45, 2.75) is 18.5 Å². The van der Waals surface area contributed by atoms with Crippen molar-refractivity contribution in [3.63, 3.8) is 0 Å². The summed E-state index contributed by atoms with van der Waals surface area (Å²) >= 11 is 1.38. The third kappa shape index (κ3) is 3.91. The van der Waals surface area contributed by atoms with Crippen LogP contribution in [0.1, 0.15) is 12.5 Å². The van der Waals surface area contributed by atoms with Crippen LogP contribution in [0.2, 0.25) is 0 Å². The molecule has 6 N–H and O–H groups in total. The van der Waals surface area contributed by atoms with Crippen molar-refractivity contribution in [3.8, 4) is 5.75 Å². The smallest absolute Gasteiger partial charge is 0.239 e. The molecule has 0 aromatic heterocycles. The van der Waals surface area contributed by atoms with Crippen LogP contribution >= 0.6 is 11.8 Å². The zero-order valence-corrected chi connectivity index (χ0v) is 16.0. The summed E-state index contributed by atoms with van der Waals surface area (Å²) in [7, 11) is 0. The maximum atomic E-state index is 13.3. The highest BCUT2D eigenvalue weighted by Gasteiger charge is 2.34. The maximum Gasteiger partial charge on any atom is 0.239 e. The molecule has 0 bridgehead atoms. The minimum atomic E-state index is -0.662. The van der Waals surface area contributed by atoms with Gasteiger partial charge in [-0.1, -0.05) is 30.5 Å². The number of nitrogens with two attached hydrogens (primary N) is 2. The van der Waals surface area contributed by atoms with Gasteiger partial charge in [0.1, 0.15) is 23.4 Å². The van der Waals surface area contributed by atoms with E-state index in [4.69, 9.17) is 11.5 Å². The minimum absolute atomic E-state index is 0.159. The summed E-state index contributed by atoms with van der Waals surface area (Å²) in [6, 6.07) is 11.8. The number of primary amides is 1. The van der Waals surface area contributed by atoms with Gasteiger partial charge in [0, 0.05) is 5.69 Å². The Labute approximate surface area is 166 Å². The van der Waals surface area contributed by atoms with Gasteiger partial charge in [-0.05, 0) is 54.5 Å². The van der Waals surface area contributed by atoms with Crippen molar-refractivity contribution < 1.29 is 14.3 Å². The summed E-state index contributed by atoms with van der Waals surface area (Å²) in [4.78, 5) is 14.3. The van der Waals surface area contributed by atoms with Gasteiger partial charge < -0.3 is 26.8 Å². The fourth-order valence-corrected chi connectivity index (χ4v) is 4.14. The van der Waals surface area contributed by atoms with Crippen LogP contribution < -0.4 is 21.7 Å². The molecular weight excluding hydrogens is 379 g/mol. The molecule has 0 spiro atoms. The highest BCUT2D eigenvalue weighted by Crippen LogP contribution is 2.41. The van der Waals surface area contributed by atoms with Crippen molar-refractivity contribution in [1.82, 2.24) is 5.32 Å². The molecule has 6 nitrogen and oxygen atoms in total. The van der Waals surface area contributed by atoms with Crippen LogP contribution in [0, 0.1) is 5.82 Å². The molecule has 28 heavy (non-hydrogen) atoms. The van der Waals surface area contributed by atoms with E-state index < -0.39 is 17.4 Å². The van der Waals surface area contributed by atoms with Crippen LogP contribution in [-0.4, -0.2) is 22.6 Å². The second-order valence-corrected chi connectivity index (χ2v) is 7.44. The number of allylic oxidation sites excluding steroid dienone is 1. The van der Waals surface area contributed by atoms with Gasteiger partial charge >= 0.3 is 0 Å². The molecule has 1 aliphatic rings. The molecule has 0 radical (unpaired) electrons. The first-order valence-corrected chi connectivity index (χ1v) is 9.40. The van der Waals surface area contributed by atoms with E-state index in [1.54, 1.807) is 48.2 Å². The second kappa shape index (κ2) is 7.85. The summed E-state index contributed by atoms with van der Waals surface area (Å²) in [6.45, 7) is 5.78. The molecule has 2 aromatic rings. The SMILES string of the molecule is C=C(C1=C(N)NC(N(c2ccc(F)cc2)C(C)C(N)=O)S1)c1ccc(O)cc1. The van der Waals surface area contributed by atoms with Crippen molar-refractivity contribution in [3.05, 3.63) is 77.2 Å². The number of benzene rings is 2. The van der Waals surface area contributed by atoms with Crippen LogP contribution in [-0.2, 0) is 4.79 Å².